The van der Waals surface area contributed by atoms with Gasteiger partial charge in [0.1, 0.15) is 0 Å². The highest BCUT2D eigenvalue weighted by Gasteiger charge is 2.22. The van der Waals surface area contributed by atoms with E-state index in [0.29, 0.717) is 11.2 Å². The summed E-state index contributed by atoms with van der Waals surface area (Å²) < 4.78 is 13.1. The average molecular weight is 585 g/mol. The summed E-state index contributed by atoms with van der Waals surface area (Å²) in [6.45, 7) is 0. The molecular weight excluding hydrogens is 559 g/mol. The molecule has 0 radical (unpaired) electrons. The first kappa shape index (κ1) is 25.2. The van der Waals surface area contributed by atoms with E-state index < -0.39 is 8.24 Å². The van der Waals surface area contributed by atoms with Crippen LogP contribution in [0.15, 0.2) is 154 Å². The lowest BCUT2D eigenvalue weighted by Crippen LogP contribution is -1.89. The van der Waals surface area contributed by atoms with Gasteiger partial charge >= 0.3 is 8.24 Å². The van der Waals surface area contributed by atoms with Gasteiger partial charge in [-0.15, -0.1) is 0 Å². The fourth-order valence-electron chi connectivity index (χ4n) is 6.82. The van der Waals surface area contributed by atoms with Gasteiger partial charge in [-0.05, 0) is 66.7 Å². The molecule has 1 N–H and O–H groups in total. The highest BCUT2D eigenvalue weighted by Crippen LogP contribution is 2.48. The second kappa shape index (κ2) is 9.86. The van der Waals surface area contributed by atoms with Crippen LogP contribution in [0.3, 0.4) is 0 Å². The second-order valence-electron chi connectivity index (χ2n) is 11.2. The molecule has 0 aliphatic carbocycles. The molecule has 0 saturated carbocycles. The van der Waals surface area contributed by atoms with Gasteiger partial charge in [0.2, 0.25) is 0 Å². The molecule has 0 unspecified atom stereocenters. The van der Waals surface area contributed by atoms with Crippen LogP contribution in [0.25, 0.3) is 87.3 Å². The maximum Gasteiger partial charge on any atom is 0.384 e. The highest BCUT2D eigenvalue weighted by atomic mass is 31.1. The molecular formula is C40H25O3P. The van der Waals surface area contributed by atoms with Gasteiger partial charge in [-0.3, -0.25) is 4.89 Å². The molecule has 0 bridgehead atoms. The van der Waals surface area contributed by atoms with Gasteiger partial charge in [0.15, 0.2) is 11.2 Å². The van der Waals surface area contributed by atoms with E-state index in [1.807, 2.05) is 24.3 Å². The van der Waals surface area contributed by atoms with Crippen molar-refractivity contribution in [3.05, 3.63) is 146 Å². The van der Waals surface area contributed by atoms with Gasteiger partial charge in [0, 0.05) is 21.5 Å². The summed E-state index contributed by atoms with van der Waals surface area (Å²) in [5.41, 5.74) is 5.46. The SMILES string of the molecule is Op1oc2c(c(-c3ccccc3)cc3ccc4ccccc4c32)c2c(-c3ccccc3)cc3ccc4ccccc4c3c2o1. The van der Waals surface area contributed by atoms with Gasteiger partial charge in [0.25, 0.3) is 0 Å². The molecule has 4 heteroatoms. The van der Waals surface area contributed by atoms with Crippen LogP contribution in [-0.4, -0.2) is 4.89 Å². The quantitative estimate of drug-likeness (QED) is 0.206. The molecule has 0 spiro atoms. The smallest absolute Gasteiger partial charge is 0.384 e. The Morgan fingerprint density at radius 1 is 0.386 bits per heavy atom. The van der Waals surface area contributed by atoms with Crippen molar-refractivity contribution >= 4 is 73.3 Å². The summed E-state index contributed by atoms with van der Waals surface area (Å²) in [4.78, 5) is 11.6. The summed E-state index contributed by atoms with van der Waals surface area (Å²) in [6, 6.07) is 50.6. The van der Waals surface area contributed by atoms with E-state index in [4.69, 9.17) is 8.39 Å². The van der Waals surface area contributed by atoms with E-state index in [1.165, 1.54) is 0 Å². The van der Waals surface area contributed by atoms with Crippen LogP contribution >= 0.6 is 8.24 Å². The summed E-state index contributed by atoms with van der Waals surface area (Å²) >= 11 is 0. The Labute approximate surface area is 253 Å². The van der Waals surface area contributed by atoms with Crippen LogP contribution in [0.4, 0.5) is 0 Å². The lowest BCUT2D eigenvalue weighted by Gasteiger charge is -2.15. The highest BCUT2D eigenvalue weighted by molar-refractivity contribution is 7.30. The van der Waals surface area contributed by atoms with Gasteiger partial charge in [0.05, 0.1) is 0 Å². The summed E-state index contributed by atoms with van der Waals surface area (Å²) in [5.74, 6) is 0. The first-order valence-corrected chi connectivity index (χ1v) is 15.8. The first-order valence-electron chi connectivity index (χ1n) is 14.7. The second-order valence-corrected chi connectivity index (χ2v) is 12.0. The Bertz CT molecular complexity index is 2420. The van der Waals surface area contributed by atoms with Crippen LogP contribution in [0.2, 0.25) is 0 Å². The molecule has 0 fully saturated rings. The van der Waals surface area contributed by atoms with E-state index in [2.05, 4.69) is 121 Å². The summed E-state index contributed by atoms with van der Waals surface area (Å²) in [7, 11) is -2.31. The van der Waals surface area contributed by atoms with Crippen molar-refractivity contribution in [2.75, 3.05) is 0 Å². The fraction of sp³-hybridized carbons (Fsp3) is 0. The largest absolute Gasteiger partial charge is 0.398 e. The van der Waals surface area contributed by atoms with Crippen LogP contribution < -0.4 is 0 Å². The number of hydrogen-bond donors (Lipinski definition) is 1. The van der Waals surface area contributed by atoms with Crippen molar-refractivity contribution in [2.45, 2.75) is 0 Å². The minimum atomic E-state index is -2.31. The topological polar surface area (TPSA) is 46.5 Å². The molecule has 0 atom stereocenters. The average Bonchev–Trinajstić information content (AvgIpc) is 3.24. The normalized spacial score (nSPS) is 11.8. The molecule has 8 aromatic carbocycles. The molecule has 1 aromatic heterocycles. The molecule has 44 heavy (non-hydrogen) atoms. The van der Waals surface area contributed by atoms with Crippen molar-refractivity contribution in [2.24, 2.45) is 0 Å². The lowest BCUT2D eigenvalue weighted by atomic mass is 9.88. The van der Waals surface area contributed by atoms with E-state index in [0.717, 1.165) is 76.1 Å². The predicted octanol–water partition coefficient (Wildman–Crippen LogP) is 12.0. The van der Waals surface area contributed by atoms with Gasteiger partial charge < -0.3 is 8.39 Å². The zero-order valence-corrected chi connectivity index (χ0v) is 24.5. The third-order valence-electron chi connectivity index (χ3n) is 8.73. The van der Waals surface area contributed by atoms with Crippen molar-refractivity contribution in [1.29, 1.82) is 0 Å². The number of rotatable bonds is 2. The molecule has 0 saturated heterocycles. The van der Waals surface area contributed by atoms with Crippen LogP contribution in [0.1, 0.15) is 0 Å². The summed E-state index contributed by atoms with van der Waals surface area (Å²) in [6.07, 6.45) is 0. The maximum absolute atomic E-state index is 11.6. The zero-order chi connectivity index (χ0) is 29.2. The van der Waals surface area contributed by atoms with Crippen LogP contribution in [0, 0.1) is 0 Å². The monoisotopic (exact) mass is 584 g/mol. The van der Waals surface area contributed by atoms with E-state index >= 15 is 0 Å². The predicted molar refractivity (Wildman–Crippen MR) is 185 cm³/mol. The lowest BCUT2D eigenvalue weighted by molar-refractivity contribution is 0.497. The molecule has 208 valence electrons. The molecule has 0 aliphatic rings. The molecule has 0 amide bonds. The third-order valence-corrected chi connectivity index (χ3v) is 9.40. The molecule has 9 rings (SSSR count). The zero-order valence-electron chi connectivity index (χ0n) is 23.6. The van der Waals surface area contributed by atoms with Crippen molar-refractivity contribution in [1.82, 2.24) is 0 Å². The Balaban J connectivity index is 1.66. The van der Waals surface area contributed by atoms with Gasteiger partial charge in [-0.1, -0.05) is 133 Å². The Hall–Kier alpha value is -5.34. The van der Waals surface area contributed by atoms with Crippen molar-refractivity contribution < 1.29 is 13.3 Å². The minimum absolute atomic E-state index is 0.641. The standard InChI is InChI=1S/C40H25O3P/c41-44-42-39-35-29(21-19-27-15-7-9-17-31(27)35)23-33(25-11-3-1-4-12-25)37(39)38-34(26-13-5-2-6-14-26)24-30-22-20-28-16-8-10-18-32(28)36(30)40(38)43-44/h1-24,41H. The molecule has 1 heterocycles. The Morgan fingerprint density at radius 3 is 1.23 bits per heavy atom. The van der Waals surface area contributed by atoms with Crippen molar-refractivity contribution in [3.8, 4) is 22.3 Å². The maximum atomic E-state index is 11.6. The van der Waals surface area contributed by atoms with Gasteiger partial charge in [-0.2, -0.15) is 0 Å². The third kappa shape index (κ3) is 3.81. The van der Waals surface area contributed by atoms with Gasteiger partial charge in [-0.25, -0.2) is 0 Å². The Kier molecular flexibility index (Phi) is 5.64. The van der Waals surface area contributed by atoms with E-state index in [1.54, 1.807) is 0 Å². The first-order chi connectivity index (χ1) is 21.7. The number of hydrogen-bond acceptors (Lipinski definition) is 3. The fourth-order valence-corrected chi connectivity index (χ4v) is 7.53. The number of benzene rings is 8. The van der Waals surface area contributed by atoms with Crippen LogP contribution in [-0.2, 0) is 0 Å². The summed E-state index contributed by atoms with van der Waals surface area (Å²) in [5, 5.41) is 10.2. The molecule has 9 aromatic rings. The van der Waals surface area contributed by atoms with E-state index in [9.17, 15) is 4.89 Å². The molecule has 3 nitrogen and oxygen atoms in total. The Morgan fingerprint density at radius 2 is 0.773 bits per heavy atom. The van der Waals surface area contributed by atoms with Crippen LogP contribution in [0.5, 0.6) is 0 Å². The molecule has 0 aliphatic heterocycles. The van der Waals surface area contributed by atoms with Crippen molar-refractivity contribution in [3.63, 3.8) is 0 Å². The number of fused-ring (bicyclic) bond motifs is 11. The van der Waals surface area contributed by atoms with E-state index in [-0.39, 0.29) is 0 Å². The minimum Gasteiger partial charge on any atom is -0.398 e.